The number of carbonyl (C=O) groups excluding carboxylic acids is 1. The Balaban J connectivity index is 0.00000420. The van der Waals surface area contributed by atoms with E-state index in [9.17, 15) is 18.0 Å². The first-order valence-corrected chi connectivity index (χ1v) is 8.26. The zero-order valence-corrected chi connectivity index (χ0v) is 17.8. The second-order valence-electron chi connectivity index (χ2n) is 6.96. The Morgan fingerprint density at radius 3 is 2.07 bits per heavy atom. The van der Waals surface area contributed by atoms with Crippen LogP contribution in [0.5, 0.6) is 11.5 Å². The van der Waals surface area contributed by atoms with Crippen LogP contribution in [0.2, 0.25) is 0 Å². The molecule has 166 valence electrons. The van der Waals surface area contributed by atoms with Crippen molar-refractivity contribution in [2.75, 3.05) is 0 Å². The summed E-state index contributed by atoms with van der Waals surface area (Å²) in [4.78, 5) is 15.0. The second-order valence-corrected chi connectivity index (χ2v) is 6.96. The predicted octanol–water partition coefficient (Wildman–Crippen LogP) is 4.03. The van der Waals surface area contributed by atoms with Gasteiger partial charge in [-0.1, -0.05) is 12.1 Å². The first kappa shape index (κ1) is 27.5. The molecule has 6 N–H and O–H groups in total. The van der Waals surface area contributed by atoms with E-state index in [1.807, 2.05) is 13.8 Å². The summed E-state index contributed by atoms with van der Waals surface area (Å²) >= 11 is 0. The van der Waals surface area contributed by atoms with Crippen molar-refractivity contribution in [3.63, 3.8) is 0 Å². The normalized spacial score (nSPS) is 11.0. The third-order valence-electron chi connectivity index (χ3n) is 3.57. The van der Waals surface area contributed by atoms with Crippen LogP contribution in [0.15, 0.2) is 47.5 Å². The van der Waals surface area contributed by atoms with Crippen LogP contribution in [0.4, 0.5) is 13.2 Å². The number of hydrogen-bond acceptors (Lipinski definition) is 3. The Labute approximate surface area is 184 Å². The van der Waals surface area contributed by atoms with Gasteiger partial charge in [-0.25, -0.2) is 0 Å². The summed E-state index contributed by atoms with van der Waals surface area (Å²) in [5, 5.41) is 0. The van der Waals surface area contributed by atoms with Gasteiger partial charge in [-0.3, -0.25) is 4.79 Å². The topological polar surface area (TPSA) is 117 Å². The summed E-state index contributed by atoms with van der Waals surface area (Å²) in [5.74, 6) is -1.75. The van der Waals surface area contributed by atoms with E-state index in [4.69, 9.17) is 21.9 Å². The highest BCUT2D eigenvalue weighted by Gasteiger charge is 2.35. The molecule has 0 saturated carbocycles. The van der Waals surface area contributed by atoms with E-state index in [0.717, 1.165) is 17.7 Å². The van der Waals surface area contributed by atoms with Crippen LogP contribution >= 0.6 is 24.8 Å². The van der Waals surface area contributed by atoms with Gasteiger partial charge < -0.3 is 21.9 Å². The minimum atomic E-state index is -4.74. The van der Waals surface area contributed by atoms with E-state index in [-0.39, 0.29) is 36.1 Å². The summed E-state index contributed by atoms with van der Waals surface area (Å²) in [5.41, 5.74) is 15.2. The average Bonchev–Trinajstić information content (AvgIpc) is 2.54. The molecule has 2 rings (SSSR count). The van der Waals surface area contributed by atoms with Gasteiger partial charge in [0, 0.05) is 11.1 Å². The lowest BCUT2D eigenvalue weighted by molar-refractivity contribution is -0.138. The fourth-order valence-electron chi connectivity index (χ4n) is 2.48. The molecule has 2 aromatic rings. The van der Waals surface area contributed by atoms with Crippen molar-refractivity contribution in [2.45, 2.75) is 32.0 Å². The Kier molecular flexibility index (Phi) is 9.64. The Bertz CT molecular complexity index is 892. The highest BCUT2D eigenvalue weighted by Crippen LogP contribution is 2.39. The van der Waals surface area contributed by atoms with E-state index >= 15 is 0 Å². The molecule has 0 spiro atoms. The Morgan fingerprint density at radius 1 is 1.03 bits per heavy atom. The summed E-state index contributed by atoms with van der Waals surface area (Å²) in [7, 11) is 0. The van der Waals surface area contributed by atoms with Crippen LogP contribution in [0.1, 0.15) is 35.3 Å². The number of alkyl halides is 3. The number of benzene rings is 2. The quantitative estimate of drug-likeness (QED) is 0.454. The first-order valence-electron chi connectivity index (χ1n) is 8.26. The largest absolute Gasteiger partial charge is 0.457 e. The summed E-state index contributed by atoms with van der Waals surface area (Å²) < 4.78 is 45.6. The van der Waals surface area contributed by atoms with E-state index in [0.29, 0.717) is 12.5 Å². The smallest absolute Gasteiger partial charge is 0.420 e. The molecule has 30 heavy (non-hydrogen) atoms. The summed E-state index contributed by atoms with van der Waals surface area (Å²) in [6.45, 7) is 3.75. The first-order chi connectivity index (χ1) is 12.8. The highest BCUT2D eigenvalue weighted by atomic mass is 35.5. The number of amides is 1. The van der Waals surface area contributed by atoms with Crippen LogP contribution in [-0.4, -0.2) is 17.4 Å². The number of halogens is 5. The zero-order chi connectivity index (χ0) is 21.1. The Hall–Kier alpha value is -2.49. The molecular formula is C19H23Cl2F3N4O2. The number of guanidine groups is 1. The van der Waals surface area contributed by atoms with Crippen molar-refractivity contribution >= 4 is 36.7 Å². The molecule has 0 aliphatic rings. The van der Waals surface area contributed by atoms with Gasteiger partial charge in [-0.05, 0) is 56.2 Å². The Morgan fingerprint density at radius 2 is 1.60 bits per heavy atom. The van der Waals surface area contributed by atoms with Gasteiger partial charge in [0.25, 0.3) is 5.91 Å². The molecule has 0 aliphatic heterocycles. The number of aliphatic imine (C=N–C) groups is 1. The van der Waals surface area contributed by atoms with Gasteiger partial charge in [0.1, 0.15) is 11.5 Å². The van der Waals surface area contributed by atoms with Gasteiger partial charge in [0.2, 0.25) is 0 Å². The van der Waals surface area contributed by atoms with Gasteiger partial charge >= 0.3 is 6.18 Å². The van der Waals surface area contributed by atoms with Crippen molar-refractivity contribution in [3.05, 3.63) is 59.2 Å². The van der Waals surface area contributed by atoms with Crippen LogP contribution < -0.4 is 21.9 Å². The SMILES string of the molecule is CC(C)(N)Cc1ccc(Oc2ccc(C(=O)N=C(N)N)cc2C(F)(F)F)cc1.Cl.Cl. The number of carbonyl (C=O) groups is 1. The number of nitrogens with zero attached hydrogens (tertiary/aromatic N) is 1. The molecule has 6 nitrogen and oxygen atoms in total. The molecule has 0 atom stereocenters. The number of nitrogens with two attached hydrogens (primary N) is 3. The van der Waals surface area contributed by atoms with E-state index in [1.54, 1.807) is 24.3 Å². The van der Waals surface area contributed by atoms with Crippen molar-refractivity contribution in [2.24, 2.45) is 22.2 Å². The third kappa shape index (κ3) is 8.10. The highest BCUT2D eigenvalue weighted by molar-refractivity contribution is 6.02. The van der Waals surface area contributed by atoms with Gasteiger partial charge in [0.15, 0.2) is 5.96 Å². The summed E-state index contributed by atoms with van der Waals surface area (Å²) in [6.07, 6.45) is -4.14. The maximum Gasteiger partial charge on any atom is 0.420 e. The lowest BCUT2D eigenvalue weighted by Crippen LogP contribution is -2.34. The van der Waals surface area contributed by atoms with Gasteiger partial charge in [-0.15, -0.1) is 24.8 Å². The second kappa shape index (κ2) is 10.5. The molecule has 0 saturated heterocycles. The molecule has 0 fully saturated rings. The molecule has 1 amide bonds. The molecule has 11 heteroatoms. The van der Waals surface area contributed by atoms with Crippen LogP contribution in [0.25, 0.3) is 0 Å². The standard InChI is InChI=1S/C19H21F3N4O2.2ClH/c1-18(2,25)10-11-3-6-13(7-4-11)28-15-8-5-12(16(27)26-17(23)24)9-14(15)19(20,21)22;;/h3-9H,10,25H2,1-2H3,(H4,23,24,26,27);2*1H. The molecular weight excluding hydrogens is 444 g/mol. The van der Waals surface area contributed by atoms with E-state index in [1.165, 1.54) is 0 Å². The van der Waals surface area contributed by atoms with Gasteiger partial charge in [0.05, 0.1) is 5.56 Å². The number of hydrogen-bond donors (Lipinski definition) is 3. The van der Waals surface area contributed by atoms with Crippen LogP contribution in [0.3, 0.4) is 0 Å². The third-order valence-corrected chi connectivity index (χ3v) is 3.57. The average molecular weight is 467 g/mol. The number of rotatable bonds is 5. The molecule has 0 aromatic heterocycles. The van der Waals surface area contributed by atoms with E-state index in [2.05, 4.69) is 4.99 Å². The maximum atomic E-state index is 13.4. The fourth-order valence-corrected chi connectivity index (χ4v) is 2.48. The molecule has 0 heterocycles. The lowest BCUT2D eigenvalue weighted by atomic mass is 9.96. The molecule has 2 aromatic carbocycles. The minimum Gasteiger partial charge on any atom is -0.457 e. The monoisotopic (exact) mass is 466 g/mol. The molecule has 0 unspecified atom stereocenters. The van der Waals surface area contributed by atoms with Crippen LogP contribution in [-0.2, 0) is 12.6 Å². The minimum absolute atomic E-state index is 0. The van der Waals surface area contributed by atoms with Gasteiger partial charge in [-0.2, -0.15) is 18.2 Å². The number of ether oxygens (including phenoxy) is 1. The summed E-state index contributed by atoms with van der Waals surface area (Å²) in [6, 6.07) is 9.43. The fraction of sp³-hybridized carbons (Fsp3) is 0.263. The van der Waals surface area contributed by atoms with Crippen molar-refractivity contribution in [3.8, 4) is 11.5 Å². The zero-order valence-electron chi connectivity index (χ0n) is 16.2. The van der Waals surface area contributed by atoms with Crippen LogP contribution in [0, 0.1) is 0 Å². The van der Waals surface area contributed by atoms with Crippen molar-refractivity contribution in [1.82, 2.24) is 0 Å². The predicted molar refractivity (Wildman–Crippen MR) is 115 cm³/mol. The van der Waals surface area contributed by atoms with Crippen molar-refractivity contribution in [1.29, 1.82) is 0 Å². The molecule has 0 bridgehead atoms. The van der Waals surface area contributed by atoms with E-state index < -0.39 is 34.9 Å². The molecule has 0 radical (unpaired) electrons. The van der Waals surface area contributed by atoms with Crippen molar-refractivity contribution < 1.29 is 22.7 Å². The lowest BCUT2D eigenvalue weighted by Gasteiger charge is -2.18. The maximum absolute atomic E-state index is 13.4. The molecule has 0 aliphatic carbocycles.